The van der Waals surface area contributed by atoms with Crippen LogP contribution in [-0.4, -0.2) is 73.5 Å². The fraction of sp³-hybridized carbons (Fsp3) is 0.357. The molecule has 0 bridgehead atoms. The molecule has 1 aromatic heterocycles. The number of ketones is 2. The van der Waals surface area contributed by atoms with Crippen LogP contribution >= 0.6 is 0 Å². The van der Waals surface area contributed by atoms with Crippen molar-refractivity contribution in [2.45, 2.75) is 37.8 Å². The molecule has 4 unspecified atom stereocenters. The topological polar surface area (TPSA) is 174 Å². The van der Waals surface area contributed by atoms with E-state index in [0.29, 0.717) is 5.56 Å². The van der Waals surface area contributed by atoms with Crippen LogP contribution in [0.2, 0.25) is 0 Å². The molecule has 1 amide bonds. The highest BCUT2D eigenvalue weighted by atomic mass is 16.3. The number of phenolic OH excluding ortho intramolecular Hbond substituents is 1. The minimum Gasteiger partial charge on any atom is -0.508 e. The number of Topliss-reactive ketones (excluding diaryl/α,β-unsaturated/α-hetero) is 2. The summed E-state index contributed by atoms with van der Waals surface area (Å²) in [6.45, 7) is 2.00. The van der Waals surface area contributed by atoms with Gasteiger partial charge in [0.1, 0.15) is 22.8 Å². The lowest BCUT2D eigenvalue weighted by Crippen LogP contribution is -2.65. The summed E-state index contributed by atoms with van der Waals surface area (Å²) in [4.78, 5) is 45.0. The van der Waals surface area contributed by atoms with Crippen molar-refractivity contribution in [2.75, 3.05) is 14.1 Å². The Morgan fingerprint density at radius 3 is 2.53 bits per heavy atom. The molecular weight excluding hydrogens is 490 g/mol. The Balaban J connectivity index is 1.73. The van der Waals surface area contributed by atoms with Crippen LogP contribution in [0.5, 0.6) is 5.75 Å². The lowest BCUT2D eigenvalue weighted by Gasteiger charge is -2.50. The fourth-order valence-corrected chi connectivity index (χ4v) is 6.34. The van der Waals surface area contributed by atoms with Gasteiger partial charge in [-0.05, 0) is 68.1 Å². The molecule has 4 atom stereocenters. The second-order valence-corrected chi connectivity index (χ2v) is 10.4. The largest absolute Gasteiger partial charge is 0.508 e. The number of aromatic nitrogens is 1. The zero-order valence-corrected chi connectivity index (χ0v) is 21.2. The third kappa shape index (κ3) is 3.40. The number of aryl methyl sites for hydroxylation is 1. The zero-order valence-electron chi connectivity index (χ0n) is 21.2. The lowest BCUT2D eigenvalue weighted by molar-refractivity contribution is -0.153. The number of phenols is 1. The summed E-state index contributed by atoms with van der Waals surface area (Å²) in [5.41, 5.74) is 4.85. The maximum Gasteiger partial charge on any atom is 0.255 e. The summed E-state index contributed by atoms with van der Waals surface area (Å²) >= 11 is 0. The molecule has 1 heterocycles. The summed E-state index contributed by atoms with van der Waals surface area (Å²) in [5.74, 6) is -6.70. The number of benzene rings is 1. The predicted octanol–water partition coefficient (Wildman–Crippen LogP) is 1.59. The van der Waals surface area contributed by atoms with Crippen molar-refractivity contribution in [2.24, 2.45) is 17.6 Å². The summed E-state index contributed by atoms with van der Waals surface area (Å²) in [6, 6.07) is 3.99. The quantitative estimate of drug-likeness (QED) is 0.376. The summed E-state index contributed by atoms with van der Waals surface area (Å²) in [7, 11) is 3.13. The Hall–Kier alpha value is -4.02. The first kappa shape index (κ1) is 25.6. The molecule has 38 heavy (non-hydrogen) atoms. The van der Waals surface area contributed by atoms with Gasteiger partial charge in [-0.1, -0.05) is 13.0 Å². The third-order valence-electron chi connectivity index (χ3n) is 8.12. The van der Waals surface area contributed by atoms with Crippen LogP contribution in [0.4, 0.5) is 0 Å². The highest BCUT2D eigenvalue weighted by Gasteiger charge is 2.64. The molecule has 0 radical (unpaired) electrons. The SMILES string of the molecule is CCc1cncc(-c2ccc(O)c3c2CC2CC4C(N(C)C)C(=O)C(C(N)=O)=C(O)C4(O)C(=O)C2=C3O)c1. The molecule has 1 fully saturated rings. The Morgan fingerprint density at radius 2 is 1.89 bits per heavy atom. The van der Waals surface area contributed by atoms with E-state index < -0.39 is 58.0 Å². The number of hydrogen-bond acceptors (Lipinski definition) is 9. The molecule has 2 aromatic rings. The van der Waals surface area contributed by atoms with E-state index in [1.165, 1.54) is 11.0 Å². The maximum atomic E-state index is 13.9. The smallest absolute Gasteiger partial charge is 0.255 e. The van der Waals surface area contributed by atoms with Crippen LogP contribution in [0.25, 0.3) is 16.9 Å². The molecule has 0 aliphatic heterocycles. The summed E-state index contributed by atoms with van der Waals surface area (Å²) in [5, 5.41) is 44.7. The Bertz CT molecular complexity index is 1470. The average Bonchev–Trinajstić information content (AvgIpc) is 2.86. The number of rotatable bonds is 4. The minimum absolute atomic E-state index is 0.0358. The van der Waals surface area contributed by atoms with Crippen LogP contribution in [0, 0.1) is 11.8 Å². The second kappa shape index (κ2) is 8.78. The Kier molecular flexibility index (Phi) is 5.92. The molecule has 0 spiro atoms. The number of likely N-dealkylation sites (N-methyl/N-ethyl adjacent to an activating group) is 1. The van der Waals surface area contributed by atoms with Gasteiger partial charge in [-0.2, -0.15) is 0 Å². The van der Waals surface area contributed by atoms with Gasteiger partial charge in [-0.15, -0.1) is 0 Å². The van der Waals surface area contributed by atoms with E-state index in [9.17, 15) is 34.8 Å². The number of aliphatic hydroxyl groups is 3. The lowest BCUT2D eigenvalue weighted by atomic mass is 9.57. The van der Waals surface area contributed by atoms with Crippen molar-refractivity contribution in [3.05, 3.63) is 64.2 Å². The summed E-state index contributed by atoms with van der Waals surface area (Å²) in [6.07, 6.45) is 4.46. The predicted molar refractivity (Wildman–Crippen MR) is 137 cm³/mol. The van der Waals surface area contributed by atoms with Crippen molar-refractivity contribution in [1.29, 1.82) is 0 Å². The Morgan fingerprint density at radius 1 is 1.18 bits per heavy atom. The third-order valence-corrected chi connectivity index (χ3v) is 8.12. The highest BCUT2D eigenvalue weighted by molar-refractivity contribution is 6.24. The number of nitrogens with zero attached hydrogens (tertiary/aromatic N) is 2. The van der Waals surface area contributed by atoms with Gasteiger partial charge in [0.15, 0.2) is 11.4 Å². The first-order chi connectivity index (χ1) is 17.9. The molecular formula is C28H29N3O7. The Labute approximate surface area is 218 Å². The van der Waals surface area contributed by atoms with E-state index in [1.54, 1.807) is 32.6 Å². The van der Waals surface area contributed by atoms with Gasteiger partial charge in [0.05, 0.1) is 11.6 Å². The monoisotopic (exact) mass is 519 g/mol. The average molecular weight is 520 g/mol. The molecule has 6 N–H and O–H groups in total. The van der Waals surface area contributed by atoms with E-state index in [0.717, 1.165) is 23.1 Å². The van der Waals surface area contributed by atoms with Crippen molar-refractivity contribution in [3.8, 4) is 16.9 Å². The zero-order chi connectivity index (χ0) is 27.7. The molecule has 10 nitrogen and oxygen atoms in total. The van der Waals surface area contributed by atoms with Crippen LogP contribution in [-0.2, 0) is 27.2 Å². The summed E-state index contributed by atoms with van der Waals surface area (Å²) < 4.78 is 0. The van der Waals surface area contributed by atoms with E-state index in [-0.39, 0.29) is 29.7 Å². The van der Waals surface area contributed by atoms with Crippen molar-refractivity contribution >= 4 is 23.2 Å². The van der Waals surface area contributed by atoms with Crippen molar-refractivity contribution < 1.29 is 34.8 Å². The van der Waals surface area contributed by atoms with Gasteiger partial charge in [0.2, 0.25) is 5.78 Å². The van der Waals surface area contributed by atoms with Crippen LogP contribution in [0.15, 0.2) is 47.5 Å². The van der Waals surface area contributed by atoms with Gasteiger partial charge in [0.25, 0.3) is 5.91 Å². The number of pyridine rings is 1. The van der Waals surface area contributed by atoms with Gasteiger partial charge >= 0.3 is 0 Å². The van der Waals surface area contributed by atoms with Crippen molar-refractivity contribution in [3.63, 3.8) is 0 Å². The van der Waals surface area contributed by atoms with Crippen LogP contribution < -0.4 is 5.73 Å². The normalized spacial score (nSPS) is 26.8. The highest BCUT2D eigenvalue weighted by Crippen LogP contribution is 2.53. The molecule has 3 aliphatic carbocycles. The molecule has 1 aromatic carbocycles. The second-order valence-electron chi connectivity index (χ2n) is 10.4. The molecule has 5 rings (SSSR count). The number of aromatic hydroxyl groups is 1. The van der Waals surface area contributed by atoms with E-state index >= 15 is 0 Å². The number of hydrogen-bond donors (Lipinski definition) is 5. The first-order valence-electron chi connectivity index (χ1n) is 12.4. The van der Waals surface area contributed by atoms with E-state index in [2.05, 4.69) is 4.98 Å². The molecule has 1 saturated carbocycles. The molecule has 198 valence electrons. The van der Waals surface area contributed by atoms with Crippen LogP contribution in [0.3, 0.4) is 0 Å². The number of amides is 1. The maximum absolute atomic E-state index is 13.9. The van der Waals surface area contributed by atoms with Gasteiger partial charge in [-0.25, -0.2) is 0 Å². The molecule has 0 saturated heterocycles. The van der Waals surface area contributed by atoms with E-state index in [4.69, 9.17) is 5.73 Å². The fourth-order valence-electron chi connectivity index (χ4n) is 6.34. The standard InChI is InChI=1S/C28H29N3O7/c1-4-12-7-14(11-30-10-12)15-5-6-18(32)20-16(15)8-13-9-17-22(31(2)3)24(34)21(27(29)37)26(36)28(17,38)25(35)19(13)23(20)33/h5-7,10-11,13,17,22,32-33,36,38H,4,8-9H2,1-3H3,(H2,29,37). The van der Waals surface area contributed by atoms with Crippen molar-refractivity contribution in [1.82, 2.24) is 9.88 Å². The van der Waals surface area contributed by atoms with Gasteiger partial charge in [0, 0.05) is 29.4 Å². The molecule has 3 aliphatic rings. The number of nitrogens with two attached hydrogens (primary N) is 1. The number of primary amides is 1. The van der Waals surface area contributed by atoms with E-state index in [1.807, 2.05) is 13.0 Å². The first-order valence-corrected chi connectivity index (χ1v) is 12.4. The minimum atomic E-state index is -2.66. The van der Waals surface area contributed by atoms with Crippen LogP contribution in [0.1, 0.15) is 30.0 Å². The number of carbonyl (C=O) groups excluding carboxylic acids is 3. The number of fused-ring (bicyclic) bond motifs is 3. The molecule has 10 heteroatoms. The van der Waals surface area contributed by atoms with Gasteiger partial charge < -0.3 is 26.2 Å². The number of aliphatic hydroxyl groups excluding tert-OH is 2. The number of carbonyl (C=O) groups is 3. The van der Waals surface area contributed by atoms with Gasteiger partial charge in [-0.3, -0.25) is 24.3 Å².